The molecule has 8 heteroatoms. The van der Waals surface area contributed by atoms with E-state index in [9.17, 15) is 9.59 Å². The zero-order chi connectivity index (χ0) is 18.2. The smallest absolute Gasteiger partial charge is 0.273 e. The molecule has 2 unspecified atom stereocenters. The van der Waals surface area contributed by atoms with Crippen LogP contribution in [0.2, 0.25) is 15.2 Å². The Morgan fingerprint density at radius 3 is 2.58 bits per heavy atom. The van der Waals surface area contributed by atoms with Gasteiger partial charge in [0.2, 0.25) is 0 Å². The largest absolute Gasteiger partial charge is 0.345 e. The van der Waals surface area contributed by atoms with E-state index in [0.717, 1.165) is 12.3 Å². The van der Waals surface area contributed by atoms with Crippen LogP contribution >= 0.6 is 34.8 Å². The maximum absolute atomic E-state index is 12.9. The van der Waals surface area contributed by atoms with Crippen LogP contribution in [0.1, 0.15) is 40.1 Å². The van der Waals surface area contributed by atoms with Gasteiger partial charge in [0.25, 0.3) is 5.91 Å². The summed E-state index contributed by atoms with van der Waals surface area (Å²) in [4.78, 5) is 24.4. The van der Waals surface area contributed by atoms with E-state index in [1.165, 1.54) is 17.5 Å². The van der Waals surface area contributed by atoms with Crippen LogP contribution in [-0.4, -0.2) is 27.5 Å². The predicted octanol–water partition coefficient (Wildman–Crippen LogP) is 4.17. The van der Waals surface area contributed by atoms with Crippen molar-refractivity contribution in [2.75, 3.05) is 0 Å². The molecule has 1 aromatic heterocycles. The minimum absolute atomic E-state index is 0.0279. The molecule has 1 amide bonds. The fraction of sp³-hybridized carbons (Fsp3) is 0.389. The van der Waals surface area contributed by atoms with Crippen LogP contribution in [0.25, 0.3) is 5.69 Å². The lowest BCUT2D eigenvalue weighted by Gasteiger charge is -2.13. The first-order valence-electron chi connectivity index (χ1n) is 8.46. The number of aromatic nitrogens is 2. The molecular formula is C18H14Cl3N3O2. The molecule has 4 aliphatic rings. The summed E-state index contributed by atoms with van der Waals surface area (Å²) < 4.78 is 1.30. The number of hydrogen-bond acceptors (Lipinski definition) is 3. The Labute approximate surface area is 164 Å². The first-order valence-corrected chi connectivity index (χ1v) is 9.59. The fourth-order valence-corrected chi connectivity index (χ4v) is 5.87. The highest BCUT2D eigenvalue weighted by molar-refractivity contribution is 6.36. The van der Waals surface area contributed by atoms with Crippen molar-refractivity contribution in [3.8, 4) is 5.69 Å². The summed E-state index contributed by atoms with van der Waals surface area (Å²) in [6, 6.07) is 4.83. The van der Waals surface area contributed by atoms with Gasteiger partial charge < -0.3 is 5.32 Å². The van der Waals surface area contributed by atoms with Gasteiger partial charge in [-0.1, -0.05) is 34.8 Å². The Bertz CT molecular complexity index is 959. The maximum atomic E-state index is 12.9. The molecule has 2 atom stereocenters. The first-order chi connectivity index (χ1) is 12.4. The Morgan fingerprint density at radius 2 is 2.00 bits per heavy atom. The van der Waals surface area contributed by atoms with Gasteiger partial charge in [-0.3, -0.25) is 9.59 Å². The third kappa shape index (κ3) is 2.14. The molecule has 134 valence electrons. The Morgan fingerprint density at radius 1 is 1.27 bits per heavy atom. The number of benzene rings is 1. The fourth-order valence-electron chi connectivity index (χ4n) is 5.12. The molecule has 2 aromatic rings. The van der Waals surface area contributed by atoms with E-state index in [1.807, 2.05) is 0 Å². The van der Waals surface area contributed by atoms with Crippen LogP contribution in [0, 0.1) is 17.8 Å². The van der Waals surface area contributed by atoms with E-state index < -0.39 is 0 Å². The van der Waals surface area contributed by atoms with Crippen molar-refractivity contribution in [2.45, 2.75) is 24.8 Å². The lowest BCUT2D eigenvalue weighted by molar-refractivity contribution is 0.0918. The van der Waals surface area contributed by atoms with Crippen molar-refractivity contribution < 1.29 is 9.59 Å². The molecule has 26 heavy (non-hydrogen) atoms. The normalized spacial score (nSPS) is 30.5. The van der Waals surface area contributed by atoms with Gasteiger partial charge in [-0.15, -0.1) is 0 Å². The number of aldehydes is 1. The lowest BCUT2D eigenvalue weighted by atomic mass is 10.1. The Hall–Kier alpha value is -1.56. The maximum Gasteiger partial charge on any atom is 0.273 e. The van der Waals surface area contributed by atoms with Gasteiger partial charge >= 0.3 is 0 Å². The molecule has 1 N–H and O–H groups in total. The molecule has 4 aliphatic carbocycles. The third-order valence-corrected chi connectivity index (χ3v) is 7.08. The molecule has 0 aliphatic heterocycles. The molecule has 5 nitrogen and oxygen atoms in total. The summed E-state index contributed by atoms with van der Waals surface area (Å²) in [5.41, 5.74) is 0.457. The van der Waals surface area contributed by atoms with Gasteiger partial charge in [-0.2, -0.15) is 5.10 Å². The van der Waals surface area contributed by atoms with Crippen LogP contribution in [0.5, 0.6) is 0 Å². The highest BCUT2D eigenvalue weighted by Crippen LogP contribution is 2.73. The quantitative estimate of drug-likeness (QED) is 0.769. The average Bonchev–Trinajstić information content (AvgIpc) is 3.12. The topological polar surface area (TPSA) is 64.0 Å². The monoisotopic (exact) mass is 409 g/mol. The molecule has 1 heterocycles. The van der Waals surface area contributed by atoms with Crippen molar-refractivity contribution >= 4 is 47.0 Å². The highest BCUT2D eigenvalue weighted by atomic mass is 35.5. The zero-order valence-corrected chi connectivity index (χ0v) is 15.8. The van der Waals surface area contributed by atoms with Crippen LogP contribution in [0.3, 0.4) is 0 Å². The van der Waals surface area contributed by atoms with Crippen LogP contribution in [-0.2, 0) is 0 Å². The molecule has 0 radical (unpaired) electrons. The lowest BCUT2D eigenvalue weighted by Crippen LogP contribution is -2.38. The van der Waals surface area contributed by atoms with Gasteiger partial charge in [-0.25, -0.2) is 4.68 Å². The van der Waals surface area contributed by atoms with E-state index in [0.29, 0.717) is 33.9 Å². The van der Waals surface area contributed by atoms with E-state index in [1.54, 1.807) is 18.2 Å². The van der Waals surface area contributed by atoms with Gasteiger partial charge in [0.1, 0.15) is 5.15 Å². The average molecular weight is 411 g/mol. The van der Waals surface area contributed by atoms with Gasteiger partial charge in [-0.05, 0) is 55.2 Å². The minimum Gasteiger partial charge on any atom is -0.345 e. The van der Waals surface area contributed by atoms with E-state index >= 15 is 0 Å². The SMILES string of the molecule is O=Cc1c(C(=O)NC23CC4CC2C3C4)nn(-c2ccc(Cl)cc2Cl)c1Cl. The predicted molar refractivity (Wildman–Crippen MR) is 98.5 cm³/mol. The van der Waals surface area contributed by atoms with E-state index in [4.69, 9.17) is 34.8 Å². The summed E-state index contributed by atoms with van der Waals surface area (Å²) in [6.45, 7) is 0. The molecule has 4 fully saturated rings. The van der Waals surface area contributed by atoms with Crippen molar-refractivity contribution in [1.29, 1.82) is 0 Å². The number of amides is 1. The van der Waals surface area contributed by atoms with Crippen molar-refractivity contribution in [1.82, 2.24) is 15.1 Å². The number of nitrogens with one attached hydrogen (secondary N) is 1. The van der Waals surface area contributed by atoms with E-state index in [-0.39, 0.29) is 27.9 Å². The number of halogens is 3. The second-order valence-electron chi connectivity index (χ2n) is 7.43. The van der Waals surface area contributed by atoms with Gasteiger partial charge in [0.15, 0.2) is 12.0 Å². The molecule has 0 spiro atoms. The minimum atomic E-state index is -0.354. The van der Waals surface area contributed by atoms with Gasteiger partial charge in [0.05, 0.1) is 16.3 Å². The standard InChI is InChI=1S/C18H14Cl3N3O2/c19-9-1-2-14(13(20)5-9)24-16(21)10(7-25)15(23-24)17(26)22-18-6-8-3-11(18)12(18)4-8/h1-2,5,7-8,11-12H,3-4,6H2,(H,22,26). The Kier molecular flexibility index (Phi) is 3.49. The Balaban J connectivity index is 1.51. The van der Waals surface area contributed by atoms with Crippen molar-refractivity contribution in [2.24, 2.45) is 17.8 Å². The number of rotatable bonds is 4. The summed E-state index contributed by atoms with van der Waals surface area (Å²) in [5.74, 6) is 1.54. The molecule has 4 bridgehead atoms. The number of nitrogens with zero attached hydrogens (tertiary/aromatic N) is 2. The number of hydrogen-bond donors (Lipinski definition) is 1. The van der Waals surface area contributed by atoms with Gasteiger partial charge in [0, 0.05) is 10.6 Å². The summed E-state index contributed by atoms with van der Waals surface area (Å²) in [7, 11) is 0. The molecular weight excluding hydrogens is 397 g/mol. The number of carbonyl (C=O) groups is 2. The second kappa shape index (κ2) is 5.47. The number of carbonyl (C=O) groups excluding carboxylic acids is 2. The zero-order valence-electron chi connectivity index (χ0n) is 13.5. The molecule has 1 aromatic carbocycles. The van der Waals surface area contributed by atoms with Crippen LogP contribution in [0.4, 0.5) is 0 Å². The highest BCUT2D eigenvalue weighted by Gasteiger charge is 2.75. The molecule has 4 saturated carbocycles. The van der Waals surface area contributed by atoms with Crippen molar-refractivity contribution in [3.63, 3.8) is 0 Å². The summed E-state index contributed by atoms with van der Waals surface area (Å²) >= 11 is 18.5. The molecule has 0 saturated heterocycles. The summed E-state index contributed by atoms with van der Waals surface area (Å²) in [6.07, 6.45) is 3.98. The first kappa shape index (κ1) is 16.6. The van der Waals surface area contributed by atoms with E-state index in [2.05, 4.69) is 10.4 Å². The summed E-state index contributed by atoms with van der Waals surface area (Å²) in [5, 5.41) is 8.27. The molecule has 6 rings (SSSR count). The van der Waals surface area contributed by atoms with Crippen LogP contribution in [0.15, 0.2) is 18.2 Å². The van der Waals surface area contributed by atoms with Crippen LogP contribution < -0.4 is 5.32 Å². The van der Waals surface area contributed by atoms with Crippen molar-refractivity contribution in [3.05, 3.63) is 44.7 Å². The third-order valence-electron chi connectivity index (χ3n) is 6.18. The second-order valence-corrected chi connectivity index (χ2v) is 8.63.